The van der Waals surface area contributed by atoms with Crippen molar-refractivity contribution in [2.75, 3.05) is 5.32 Å². The van der Waals surface area contributed by atoms with Crippen molar-refractivity contribution in [3.05, 3.63) is 50.2 Å². The second-order valence-electron chi connectivity index (χ2n) is 6.99. The lowest BCUT2D eigenvalue weighted by Gasteiger charge is -2.13. The number of unbranched alkanes of at least 4 members (excludes halogenated alkanes) is 1. The fourth-order valence-corrected chi connectivity index (χ4v) is 11.3. The molecule has 0 radical (unpaired) electrons. The summed E-state index contributed by atoms with van der Waals surface area (Å²) in [7, 11) is 0. The maximum absolute atomic E-state index is 12.5. The van der Waals surface area contributed by atoms with Gasteiger partial charge >= 0.3 is 11.9 Å². The van der Waals surface area contributed by atoms with Gasteiger partial charge in [0.25, 0.3) is 0 Å². The smallest absolute Gasteiger partial charge is 0.337 e. The molecule has 0 atom stereocenters. The Morgan fingerprint density at radius 1 is 0.706 bits per heavy atom. The summed E-state index contributed by atoms with van der Waals surface area (Å²) in [5.41, 5.74) is 1.58. The van der Waals surface area contributed by atoms with Gasteiger partial charge in [-0.2, -0.15) is 0 Å². The van der Waals surface area contributed by atoms with Crippen LogP contribution in [0.5, 0.6) is 0 Å². The topological polar surface area (TPSA) is 121 Å². The second-order valence-corrected chi connectivity index (χ2v) is 13.8. The first-order valence-electron chi connectivity index (χ1n) is 9.47. The van der Waals surface area contributed by atoms with Gasteiger partial charge in [0.15, 0.2) is 0 Å². The molecule has 1 amide bonds. The number of carboxylic acids is 2. The highest BCUT2D eigenvalue weighted by Crippen LogP contribution is 2.32. The summed E-state index contributed by atoms with van der Waals surface area (Å²) in [5, 5.41) is 21.7. The van der Waals surface area contributed by atoms with Gasteiger partial charge in [-0.25, -0.2) is 9.59 Å². The fourth-order valence-electron chi connectivity index (χ4n) is 2.99. The van der Waals surface area contributed by atoms with Crippen molar-refractivity contribution in [1.82, 2.24) is 0 Å². The van der Waals surface area contributed by atoms with Gasteiger partial charge in [-0.05, 0) is 166 Å². The van der Waals surface area contributed by atoms with Crippen molar-refractivity contribution >= 4 is 165 Å². The van der Waals surface area contributed by atoms with Gasteiger partial charge in [0.1, 0.15) is 5.78 Å². The number of carboxylic acid groups (broad SMARTS) is 2. The lowest BCUT2D eigenvalue weighted by molar-refractivity contribution is -0.119. The maximum Gasteiger partial charge on any atom is 0.337 e. The minimum Gasteiger partial charge on any atom is -0.478 e. The molecular weight excluding hydrogens is 1120 g/mol. The number of hydrogen-bond acceptors (Lipinski definition) is 4. The SMILES string of the molecule is O=C(CCCCC(=O)Nc1c(I)cc(I)c(C(=O)O)c1I)Cc1c(I)cc(I)c(C(=O)O)c1I. The number of nitrogens with one attached hydrogen (secondary N) is 1. The molecule has 0 aliphatic heterocycles. The van der Waals surface area contributed by atoms with Crippen LogP contribution < -0.4 is 5.32 Å². The van der Waals surface area contributed by atoms with Gasteiger partial charge in [-0.3, -0.25) is 9.59 Å². The van der Waals surface area contributed by atoms with Gasteiger partial charge in [-0.15, -0.1) is 0 Å². The molecule has 2 aromatic carbocycles. The van der Waals surface area contributed by atoms with E-state index < -0.39 is 11.9 Å². The van der Waals surface area contributed by atoms with Gasteiger partial charge in [0, 0.05) is 37.1 Å². The van der Waals surface area contributed by atoms with Gasteiger partial charge in [-0.1, -0.05) is 0 Å². The Hall–Kier alpha value is 0.900. The third kappa shape index (κ3) is 8.20. The van der Waals surface area contributed by atoms with Crippen molar-refractivity contribution < 1.29 is 29.4 Å². The van der Waals surface area contributed by atoms with Gasteiger partial charge in [0.2, 0.25) is 5.91 Å². The van der Waals surface area contributed by atoms with E-state index in [4.69, 9.17) is 0 Å². The first kappa shape index (κ1) is 31.1. The average Bonchev–Trinajstić information content (AvgIpc) is 2.70. The highest BCUT2D eigenvalue weighted by Gasteiger charge is 2.22. The monoisotopic (exact) mass is 1140 g/mol. The third-order valence-electron chi connectivity index (χ3n) is 4.61. The zero-order chi connectivity index (χ0) is 25.7. The highest BCUT2D eigenvalue weighted by molar-refractivity contribution is 14.1. The Bertz CT molecular complexity index is 1090. The second kappa shape index (κ2) is 14.2. The zero-order valence-corrected chi connectivity index (χ0v) is 29.9. The molecular formula is C21H15I6NO6. The molecule has 0 saturated heterocycles. The largest absolute Gasteiger partial charge is 0.478 e. The Labute approximate surface area is 277 Å². The van der Waals surface area contributed by atoms with Crippen LogP contribution in [0.1, 0.15) is 52.0 Å². The van der Waals surface area contributed by atoms with E-state index in [0.717, 1.165) is 12.7 Å². The molecule has 0 spiro atoms. The summed E-state index contributed by atoms with van der Waals surface area (Å²) in [4.78, 5) is 48.0. The van der Waals surface area contributed by atoms with Crippen molar-refractivity contribution in [2.24, 2.45) is 0 Å². The quantitative estimate of drug-likeness (QED) is 0.174. The standard InChI is InChI=1S/C21H15I6NO6/c22-10-6-11(23)15(20(31)32)17(26)9(10)5-8(29)3-1-2-4-14(30)28-19-13(25)7-12(24)16(18(19)27)21(33)34/h6-7H,1-5H2,(H,28,30)(H,31,32)(H,33,34). The van der Waals surface area contributed by atoms with Crippen molar-refractivity contribution in [2.45, 2.75) is 32.1 Å². The lowest BCUT2D eigenvalue weighted by Crippen LogP contribution is -2.16. The van der Waals surface area contributed by atoms with Crippen molar-refractivity contribution in [3.63, 3.8) is 0 Å². The number of halogens is 6. The van der Waals surface area contributed by atoms with E-state index in [1.807, 2.05) is 90.4 Å². The molecule has 0 bridgehead atoms. The van der Waals surface area contributed by atoms with Gasteiger partial charge in [0.05, 0.1) is 20.4 Å². The summed E-state index contributed by atoms with van der Waals surface area (Å²) in [6.45, 7) is 0. The van der Waals surface area contributed by atoms with Crippen LogP contribution in [0.3, 0.4) is 0 Å². The number of amides is 1. The number of carbonyl (C=O) groups excluding carboxylic acids is 2. The highest BCUT2D eigenvalue weighted by atomic mass is 127. The minimum absolute atomic E-state index is 0.0124. The molecule has 0 unspecified atom stereocenters. The van der Waals surface area contributed by atoms with Crippen LogP contribution in [0.15, 0.2) is 12.1 Å². The number of hydrogen-bond donors (Lipinski definition) is 3. The van der Waals surface area contributed by atoms with E-state index in [1.165, 1.54) is 0 Å². The molecule has 2 rings (SSSR count). The number of anilines is 1. The number of benzene rings is 2. The molecule has 182 valence electrons. The van der Waals surface area contributed by atoms with E-state index in [1.54, 1.807) is 12.1 Å². The number of aromatic carboxylic acids is 2. The predicted molar refractivity (Wildman–Crippen MR) is 179 cm³/mol. The number of Topliss-reactive ketones (excluding diaryl/α,β-unsaturated/α-hetero) is 1. The zero-order valence-electron chi connectivity index (χ0n) is 17.0. The molecule has 0 aliphatic carbocycles. The molecule has 3 N–H and O–H groups in total. The van der Waals surface area contributed by atoms with Crippen LogP contribution in [0.4, 0.5) is 5.69 Å². The summed E-state index contributed by atoms with van der Waals surface area (Å²) in [5.74, 6) is -2.32. The summed E-state index contributed by atoms with van der Waals surface area (Å²) >= 11 is 12.0. The average molecular weight is 1140 g/mol. The van der Waals surface area contributed by atoms with Crippen LogP contribution in [-0.2, 0) is 16.0 Å². The molecule has 0 fully saturated rings. The molecule has 0 heterocycles. The van der Waals surface area contributed by atoms with Crippen LogP contribution in [0.25, 0.3) is 0 Å². The van der Waals surface area contributed by atoms with E-state index in [0.29, 0.717) is 32.8 Å². The number of carbonyl (C=O) groups is 4. The predicted octanol–water partition coefficient (Wildman–Crippen LogP) is 7.02. The molecule has 0 aliphatic rings. The lowest BCUT2D eigenvalue weighted by atomic mass is 10.0. The molecule has 13 heteroatoms. The Balaban J connectivity index is 1.94. The molecule has 34 heavy (non-hydrogen) atoms. The van der Waals surface area contributed by atoms with Gasteiger partial charge < -0.3 is 15.5 Å². The molecule has 0 saturated carbocycles. The van der Waals surface area contributed by atoms with Crippen LogP contribution in [0.2, 0.25) is 0 Å². The minimum atomic E-state index is -1.05. The summed E-state index contributed by atoms with van der Waals surface area (Å²) in [6.07, 6.45) is 1.67. The van der Waals surface area contributed by atoms with Crippen molar-refractivity contribution in [1.29, 1.82) is 0 Å². The summed E-state index contributed by atoms with van der Waals surface area (Å²) < 4.78 is 3.90. The third-order valence-corrected chi connectivity index (χ3v) is 10.4. The first-order valence-corrected chi connectivity index (χ1v) is 15.9. The van der Waals surface area contributed by atoms with Crippen LogP contribution in [0, 0.1) is 21.4 Å². The van der Waals surface area contributed by atoms with E-state index >= 15 is 0 Å². The number of rotatable bonds is 10. The van der Waals surface area contributed by atoms with E-state index in [2.05, 4.69) is 50.5 Å². The van der Waals surface area contributed by atoms with Crippen LogP contribution >= 0.6 is 136 Å². The Morgan fingerprint density at radius 3 is 1.76 bits per heavy atom. The number of ketones is 1. The van der Waals surface area contributed by atoms with E-state index in [9.17, 15) is 29.4 Å². The van der Waals surface area contributed by atoms with Crippen molar-refractivity contribution in [3.8, 4) is 0 Å². The Kier molecular flexibility index (Phi) is 13.0. The normalized spacial score (nSPS) is 10.8. The van der Waals surface area contributed by atoms with Crippen LogP contribution in [-0.4, -0.2) is 33.8 Å². The summed E-state index contributed by atoms with van der Waals surface area (Å²) in [6, 6.07) is 3.48. The molecule has 2 aromatic rings. The van der Waals surface area contributed by atoms with E-state index in [-0.39, 0.29) is 42.1 Å². The first-order chi connectivity index (χ1) is 15.8. The Morgan fingerprint density at radius 2 is 1.21 bits per heavy atom. The maximum atomic E-state index is 12.5. The molecule has 0 aromatic heterocycles. The fraction of sp³-hybridized carbons (Fsp3) is 0.238. The molecule has 7 nitrogen and oxygen atoms in total.